The molecule has 1 aromatic heterocycles. The summed E-state index contributed by atoms with van der Waals surface area (Å²) in [6.45, 7) is -0.372. The van der Waals surface area contributed by atoms with E-state index in [0.717, 1.165) is 23.1 Å². The van der Waals surface area contributed by atoms with Crippen molar-refractivity contribution in [3.05, 3.63) is 74.5 Å². The molecule has 1 saturated heterocycles. The molecule has 0 aliphatic carbocycles. The van der Waals surface area contributed by atoms with E-state index in [4.69, 9.17) is 10.5 Å². The van der Waals surface area contributed by atoms with Crippen LogP contribution in [0.25, 0.3) is 0 Å². The molecule has 1 fully saturated rings. The number of ether oxygens (including phenoxy) is 1. The van der Waals surface area contributed by atoms with Crippen LogP contribution in [-0.4, -0.2) is 45.6 Å². The van der Waals surface area contributed by atoms with Gasteiger partial charge >= 0.3 is 10.9 Å². The van der Waals surface area contributed by atoms with Crippen LogP contribution in [0.4, 0.5) is 14.9 Å². The molecule has 0 bridgehead atoms. The van der Waals surface area contributed by atoms with Gasteiger partial charge in [0.25, 0.3) is 5.91 Å². The molecule has 0 spiro atoms. The van der Waals surface area contributed by atoms with Gasteiger partial charge < -0.3 is 15.8 Å². The van der Waals surface area contributed by atoms with Crippen molar-refractivity contribution in [2.45, 2.75) is 22.7 Å². The Morgan fingerprint density at radius 3 is 2.35 bits per heavy atom. The molecule has 5 amide bonds. The summed E-state index contributed by atoms with van der Waals surface area (Å²) in [4.78, 5) is 64.4. The summed E-state index contributed by atoms with van der Waals surface area (Å²) in [5, 5.41) is 1.95. The quantitative estimate of drug-likeness (QED) is 0.472. The van der Waals surface area contributed by atoms with Gasteiger partial charge in [0.1, 0.15) is 23.4 Å². The van der Waals surface area contributed by atoms with Crippen molar-refractivity contribution in [3.8, 4) is 5.75 Å². The number of aromatic nitrogens is 1. The Hall–Kier alpha value is -3.97. The van der Waals surface area contributed by atoms with Gasteiger partial charge in [0, 0.05) is 16.5 Å². The molecule has 0 saturated carbocycles. The second-order valence-corrected chi connectivity index (χ2v) is 10.5. The number of hydrogen-bond acceptors (Lipinski definition) is 8. The van der Waals surface area contributed by atoms with Gasteiger partial charge in [-0.3, -0.25) is 23.7 Å². The highest BCUT2D eigenvalue weighted by Gasteiger charge is 2.57. The van der Waals surface area contributed by atoms with Crippen molar-refractivity contribution in [2.24, 2.45) is 11.7 Å². The van der Waals surface area contributed by atoms with Crippen LogP contribution >= 0.6 is 23.1 Å². The average molecular weight is 543 g/mol. The highest BCUT2D eigenvalue weighted by Crippen LogP contribution is 2.53. The number of imide groups is 3. The Morgan fingerprint density at radius 1 is 1.05 bits per heavy atom. The van der Waals surface area contributed by atoms with Crippen LogP contribution in [0.3, 0.4) is 0 Å². The molecule has 3 heterocycles. The van der Waals surface area contributed by atoms with E-state index in [0.29, 0.717) is 31.8 Å². The third kappa shape index (κ3) is 4.29. The third-order valence-electron chi connectivity index (χ3n) is 6.17. The number of carbonyl (C=O) groups excluding carboxylic acids is 4. The first-order chi connectivity index (χ1) is 17.7. The Morgan fingerprint density at radius 2 is 1.73 bits per heavy atom. The topological polar surface area (TPSA) is 141 Å². The smallest absolute Gasteiger partial charge is 0.328 e. The second kappa shape index (κ2) is 9.48. The first-order valence-electron chi connectivity index (χ1n) is 11.0. The van der Waals surface area contributed by atoms with Gasteiger partial charge in [0.2, 0.25) is 11.8 Å². The van der Waals surface area contributed by atoms with E-state index in [1.807, 2.05) is 0 Å². The van der Waals surface area contributed by atoms with E-state index < -0.39 is 51.5 Å². The van der Waals surface area contributed by atoms with Gasteiger partial charge in [-0.05, 0) is 42.0 Å². The number of anilines is 1. The number of halogens is 1. The predicted molar refractivity (Wildman–Crippen MR) is 133 cm³/mol. The fourth-order valence-electron chi connectivity index (χ4n) is 4.52. The fraction of sp³-hybridized carbons (Fsp3) is 0.208. The van der Waals surface area contributed by atoms with Gasteiger partial charge in [0.05, 0.1) is 18.1 Å². The number of benzene rings is 2. The molecule has 3 aromatic rings. The normalized spacial score (nSPS) is 20.4. The number of fused-ring (bicyclic) bond motifs is 2. The van der Waals surface area contributed by atoms with Gasteiger partial charge in [-0.15, -0.1) is 0 Å². The van der Waals surface area contributed by atoms with Crippen LogP contribution in [0.2, 0.25) is 0 Å². The molecule has 37 heavy (non-hydrogen) atoms. The molecule has 10 nitrogen and oxygen atoms in total. The summed E-state index contributed by atoms with van der Waals surface area (Å²) < 4.78 is 19.6. The number of amides is 5. The van der Waals surface area contributed by atoms with Crippen LogP contribution in [0, 0.1) is 11.7 Å². The van der Waals surface area contributed by atoms with Crippen LogP contribution in [0.15, 0.2) is 58.4 Å². The average Bonchev–Trinajstić information content (AvgIpc) is 3.31. The van der Waals surface area contributed by atoms with Gasteiger partial charge in [-0.25, -0.2) is 9.18 Å². The number of carbonyl (C=O) groups is 4. The molecule has 2 aliphatic rings. The number of thiazole rings is 1. The standard InChI is InChI=1S/C24H19FN4O6S2/c1-35-14-8-2-11(3-9-14)16-17-18(21(32)29(20(17)31)23(26)33)36-22-19(16)37-24(34)28(22)10-15(30)27-13-6-4-12(25)5-7-13/h2-9,16-18H,10H2,1H3,(H2,26,33)(H,27,30)/t16-,17+,18-/m0/s1. The lowest BCUT2D eigenvalue weighted by Gasteiger charge is -2.30. The molecular weight excluding hydrogens is 523 g/mol. The van der Waals surface area contributed by atoms with Crippen LogP contribution in [0.5, 0.6) is 5.75 Å². The number of thioether (sulfide) groups is 1. The summed E-state index contributed by atoms with van der Waals surface area (Å²) >= 11 is 1.83. The van der Waals surface area contributed by atoms with E-state index in [2.05, 4.69) is 5.32 Å². The Bertz CT molecular complexity index is 1480. The third-order valence-corrected chi connectivity index (χ3v) is 8.78. The zero-order valence-electron chi connectivity index (χ0n) is 19.2. The molecule has 13 heteroatoms. The zero-order chi connectivity index (χ0) is 26.4. The summed E-state index contributed by atoms with van der Waals surface area (Å²) in [6, 6.07) is 10.8. The number of primary amides is 1. The minimum Gasteiger partial charge on any atom is -0.497 e. The number of hydrogen-bond donors (Lipinski definition) is 2. The number of likely N-dealkylation sites (tertiary alicyclic amines) is 1. The van der Waals surface area contributed by atoms with Crippen molar-refractivity contribution < 1.29 is 28.3 Å². The molecule has 3 atom stereocenters. The number of nitrogens with two attached hydrogens (primary N) is 1. The van der Waals surface area contributed by atoms with Gasteiger partial charge in [0.15, 0.2) is 0 Å². The minimum absolute atomic E-state index is 0.348. The molecule has 2 aromatic carbocycles. The van der Waals surface area contributed by atoms with Crippen molar-refractivity contribution in [1.29, 1.82) is 0 Å². The van der Waals surface area contributed by atoms with Crippen LogP contribution < -0.4 is 20.7 Å². The maximum atomic E-state index is 13.2. The number of rotatable bonds is 5. The van der Waals surface area contributed by atoms with Crippen molar-refractivity contribution in [1.82, 2.24) is 9.47 Å². The Labute approximate surface area is 217 Å². The largest absolute Gasteiger partial charge is 0.497 e. The monoisotopic (exact) mass is 542 g/mol. The first-order valence-corrected chi connectivity index (χ1v) is 12.7. The number of nitrogens with one attached hydrogen (secondary N) is 1. The predicted octanol–water partition coefficient (Wildman–Crippen LogP) is 2.37. The van der Waals surface area contributed by atoms with E-state index >= 15 is 0 Å². The van der Waals surface area contributed by atoms with Gasteiger partial charge in [-0.1, -0.05) is 35.2 Å². The number of methoxy groups -OCH3 is 1. The molecule has 0 radical (unpaired) electrons. The van der Waals surface area contributed by atoms with E-state index in [9.17, 15) is 28.4 Å². The summed E-state index contributed by atoms with van der Waals surface area (Å²) in [6.07, 6.45) is 0. The van der Waals surface area contributed by atoms with Gasteiger partial charge in [-0.2, -0.15) is 4.90 Å². The van der Waals surface area contributed by atoms with Crippen molar-refractivity contribution in [3.63, 3.8) is 0 Å². The first kappa shape index (κ1) is 24.7. The molecule has 0 unspecified atom stereocenters. The van der Waals surface area contributed by atoms with E-state index in [1.165, 1.54) is 35.9 Å². The van der Waals surface area contributed by atoms with E-state index in [-0.39, 0.29) is 6.54 Å². The SMILES string of the molecule is COc1ccc([C@@H]2c3sc(=O)n(CC(=O)Nc4ccc(F)cc4)c3S[C@@H]3C(=O)N(C(N)=O)C(=O)[C@H]23)cc1. The summed E-state index contributed by atoms with van der Waals surface area (Å²) in [5.41, 5.74) is 6.31. The Kier molecular flexibility index (Phi) is 6.33. The lowest BCUT2D eigenvalue weighted by molar-refractivity contribution is -0.135. The lowest BCUT2D eigenvalue weighted by atomic mass is 9.83. The van der Waals surface area contributed by atoms with Crippen molar-refractivity contribution >= 4 is 52.5 Å². The van der Waals surface area contributed by atoms with Crippen LogP contribution in [0.1, 0.15) is 16.4 Å². The van der Waals surface area contributed by atoms with Crippen molar-refractivity contribution in [2.75, 3.05) is 12.4 Å². The molecule has 3 N–H and O–H groups in total. The minimum atomic E-state index is -1.17. The Balaban J connectivity index is 1.55. The molecule has 5 rings (SSSR count). The van der Waals surface area contributed by atoms with E-state index in [1.54, 1.807) is 24.3 Å². The lowest BCUT2D eigenvalue weighted by Crippen LogP contribution is -2.41. The van der Waals surface area contributed by atoms with Crippen LogP contribution in [-0.2, 0) is 20.9 Å². The highest BCUT2D eigenvalue weighted by molar-refractivity contribution is 8.00. The zero-order valence-corrected chi connectivity index (χ0v) is 20.8. The maximum absolute atomic E-state index is 13.2. The molecule has 2 aliphatic heterocycles. The second-order valence-electron chi connectivity index (χ2n) is 8.34. The fourth-order valence-corrected chi connectivity index (χ4v) is 7.29. The molecule has 190 valence electrons. The maximum Gasteiger partial charge on any atom is 0.328 e. The number of nitrogens with zero attached hydrogens (tertiary/aromatic N) is 2. The highest BCUT2D eigenvalue weighted by atomic mass is 32.2. The summed E-state index contributed by atoms with van der Waals surface area (Å²) in [7, 11) is 1.51. The molecular formula is C24H19FN4O6S2. The number of urea groups is 1. The summed E-state index contributed by atoms with van der Waals surface area (Å²) in [5.74, 6) is -3.62.